The summed E-state index contributed by atoms with van der Waals surface area (Å²) in [5, 5.41) is 5.65. The van der Waals surface area contributed by atoms with Crippen LogP contribution in [-0.4, -0.2) is 16.1 Å². The summed E-state index contributed by atoms with van der Waals surface area (Å²) in [6.07, 6.45) is 6.52. The van der Waals surface area contributed by atoms with E-state index in [1.54, 1.807) is 30.1 Å². The lowest BCUT2D eigenvalue weighted by atomic mass is 10.1. The maximum Gasteiger partial charge on any atom is 0.243 e. The van der Waals surface area contributed by atoms with Gasteiger partial charge in [-0.15, -0.1) is 23.1 Å². The topological polar surface area (TPSA) is 46.4 Å². The normalized spacial score (nSPS) is 16.0. The highest BCUT2D eigenvalue weighted by Crippen LogP contribution is 2.40. The third-order valence-electron chi connectivity index (χ3n) is 3.86. The molecule has 1 atom stereocenters. The van der Waals surface area contributed by atoms with Gasteiger partial charge in [0, 0.05) is 16.8 Å². The first-order valence-electron chi connectivity index (χ1n) is 7.59. The van der Waals surface area contributed by atoms with E-state index in [1.807, 2.05) is 17.5 Å². The maximum atomic E-state index is 12.7. The van der Waals surface area contributed by atoms with Crippen molar-refractivity contribution in [2.24, 2.45) is 0 Å². The minimum absolute atomic E-state index is 0.0348. The quantitative estimate of drug-likeness (QED) is 0.773. The van der Waals surface area contributed by atoms with Crippen molar-refractivity contribution in [3.8, 4) is 0 Å². The van der Waals surface area contributed by atoms with Crippen LogP contribution in [0.5, 0.6) is 0 Å². The number of benzene rings is 1. The second-order valence-electron chi connectivity index (χ2n) is 5.45. The van der Waals surface area contributed by atoms with Gasteiger partial charge in [0.15, 0.2) is 10.8 Å². The Morgan fingerprint density at radius 2 is 2.09 bits per heavy atom. The van der Waals surface area contributed by atoms with E-state index in [0.29, 0.717) is 16.1 Å². The molecular weight excluding hydrogens is 326 g/mol. The summed E-state index contributed by atoms with van der Waals surface area (Å²) in [5.74, 6) is -0.0348. The van der Waals surface area contributed by atoms with Crippen LogP contribution in [0.2, 0.25) is 0 Å². The lowest BCUT2D eigenvalue weighted by Gasteiger charge is -2.20. The van der Waals surface area contributed by atoms with Crippen LogP contribution in [0.25, 0.3) is 4.85 Å². The predicted octanol–water partition coefficient (Wildman–Crippen LogP) is 5.05. The first-order valence-corrected chi connectivity index (χ1v) is 9.42. The standard InChI is InChI=1S/C17H17N3OS2/c1-18-13-8-6-12(7-9-13)15(23-14-4-2-3-5-14)16(21)20-17-19-10-11-22-17/h6-11,14-15H,2-5H2,(H,19,20,21). The van der Waals surface area contributed by atoms with Crippen LogP contribution in [0, 0.1) is 6.57 Å². The summed E-state index contributed by atoms with van der Waals surface area (Å²) in [5.41, 5.74) is 1.54. The molecular formula is C17H17N3OS2. The molecule has 1 fully saturated rings. The Morgan fingerprint density at radius 1 is 1.35 bits per heavy atom. The summed E-state index contributed by atoms with van der Waals surface area (Å²) < 4.78 is 0. The van der Waals surface area contributed by atoms with E-state index in [2.05, 4.69) is 15.1 Å². The number of amides is 1. The predicted molar refractivity (Wildman–Crippen MR) is 96.0 cm³/mol. The van der Waals surface area contributed by atoms with E-state index in [4.69, 9.17) is 6.57 Å². The average Bonchev–Trinajstić information content (AvgIpc) is 3.26. The second kappa shape index (κ2) is 7.62. The average molecular weight is 343 g/mol. The van der Waals surface area contributed by atoms with E-state index < -0.39 is 0 Å². The molecule has 0 spiro atoms. The number of aromatic nitrogens is 1. The Labute approximate surface area is 144 Å². The number of rotatable bonds is 5. The molecule has 23 heavy (non-hydrogen) atoms. The van der Waals surface area contributed by atoms with Gasteiger partial charge in [-0.25, -0.2) is 9.83 Å². The molecule has 0 radical (unpaired) electrons. The highest BCUT2D eigenvalue weighted by molar-refractivity contribution is 8.00. The highest BCUT2D eigenvalue weighted by atomic mass is 32.2. The smallest absolute Gasteiger partial charge is 0.243 e. The Kier molecular flexibility index (Phi) is 5.31. The van der Waals surface area contributed by atoms with Crippen molar-refractivity contribution in [2.45, 2.75) is 36.2 Å². The SMILES string of the molecule is [C-]#[N+]c1ccc(C(SC2CCCC2)C(=O)Nc2nccs2)cc1. The minimum atomic E-state index is -0.262. The first-order chi connectivity index (χ1) is 11.3. The van der Waals surface area contributed by atoms with Crippen molar-refractivity contribution in [2.75, 3.05) is 5.32 Å². The van der Waals surface area contributed by atoms with Crippen molar-refractivity contribution in [1.82, 2.24) is 4.98 Å². The molecule has 0 aliphatic heterocycles. The fourth-order valence-corrected chi connectivity index (χ4v) is 4.71. The van der Waals surface area contributed by atoms with Gasteiger partial charge in [-0.3, -0.25) is 4.79 Å². The number of thioether (sulfide) groups is 1. The molecule has 1 aromatic carbocycles. The van der Waals surface area contributed by atoms with Crippen LogP contribution in [-0.2, 0) is 4.79 Å². The van der Waals surface area contributed by atoms with Gasteiger partial charge in [-0.2, -0.15) is 0 Å². The summed E-state index contributed by atoms with van der Waals surface area (Å²) in [7, 11) is 0. The van der Waals surface area contributed by atoms with E-state index >= 15 is 0 Å². The van der Waals surface area contributed by atoms with E-state index in [1.165, 1.54) is 37.0 Å². The maximum absolute atomic E-state index is 12.7. The lowest BCUT2D eigenvalue weighted by Crippen LogP contribution is -2.20. The molecule has 1 saturated carbocycles. The van der Waals surface area contributed by atoms with Crippen molar-refractivity contribution in [3.63, 3.8) is 0 Å². The van der Waals surface area contributed by atoms with Gasteiger partial charge >= 0.3 is 0 Å². The molecule has 1 aliphatic rings. The van der Waals surface area contributed by atoms with Crippen molar-refractivity contribution in [1.29, 1.82) is 0 Å². The number of nitrogens with zero attached hydrogens (tertiary/aromatic N) is 2. The molecule has 1 aliphatic carbocycles. The number of carbonyl (C=O) groups is 1. The molecule has 118 valence electrons. The van der Waals surface area contributed by atoms with Crippen LogP contribution in [0.3, 0.4) is 0 Å². The molecule has 1 N–H and O–H groups in total. The van der Waals surface area contributed by atoms with E-state index in [-0.39, 0.29) is 11.2 Å². The molecule has 1 unspecified atom stereocenters. The molecule has 1 amide bonds. The minimum Gasteiger partial charge on any atom is -0.301 e. The zero-order valence-corrected chi connectivity index (χ0v) is 14.2. The second-order valence-corrected chi connectivity index (χ2v) is 7.76. The number of nitrogens with one attached hydrogen (secondary N) is 1. The Balaban J connectivity index is 1.79. The van der Waals surface area contributed by atoms with E-state index in [9.17, 15) is 4.79 Å². The van der Waals surface area contributed by atoms with Gasteiger partial charge in [0.1, 0.15) is 5.25 Å². The number of hydrogen-bond acceptors (Lipinski definition) is 4. The zero-order valence-electron chi connectivity index (χ0n) is 12.6. The molecule has 6 heteroatoms. The van der Waals surface area contributed by atoms with Gasteiger partial charge in [0.25, 0.3) is 0 Å². The summed E-state index contributed by atoms with van der Waals surface area (Å²) in [6.45, 7) is 7.05. The third-order valence-corrected chi connectivity index (χ3v) is 6.16. The Bertz CT molecular complexity index is 686. The van der Waals surface area contributed by atoms with Crippen molar-refractivity contribution < 1.29 is 4.79 Å². The summed E-state index contributed by atoms with van der Waals surface area (Å²) >= 11 is 3.16. The lowest BCUT2D eigenvalue weighted by molar-refractivity contribution is -0.115. The van der Waals surface area contributed by atoms with Crippen molar-refractivity contribution >= 4 is 39.8 Å². The van der Waals surface area contributed by atoms with Gasteiger partial charge < -0.3 is 5.32 Å². The number of anilines is 1. The van der Waals surface area contributed by atoms with Gasteiger partial charge in [0.05, 0.1) is 6.57 Å². The Hall–Kier alpha value is -1.84. The highest BCUT2D eigenvalue weighted by Gasteiger charge is 2.27. The van der Waals surface area contributed by atoms with E-state index in [0.717, 1.165) is 5.56 Å². The first kappa shape index (κ1) is 16.0. The fraction of sp³-hybridized carbons (Fsp3) is 0.353. The monoisotopic (exact) mass is 343 g/mol. The molecule has 0 bridgehead atoms. The Morgan fingerprint density at radius 3 is 2.70 bits per heavy atom. The fourth-order valence-electron chi connectivity index (χ4n) is 2.69. The molecule has 1 aromatic heterocycles. The molecule has 4 nitrogen and oxygen atoms in total. The van der Waals surface area contributed by atoms with Crippen molar-refractivity contribution in [3.05, 3.63) is 52.8 Å². The molecule has 0 saturated heterocycles. The van der Waals surface area contributed by atoms with Gasteiger partial charge in [-0.05, 0) is 18.4 Å². The summed E-state index contributed by atoms with van der Waals surface area (Å²) in [6, 6.07) is 7.34. The van der Waals surface area contributed by atoms with Gasteiger partial charge in [-0.1, -0.05) is 37.1 Å². The van der Waals surface area contributed by atoms with Crippen LogP contribution in [0.15, 0.2) is 35.8 Å². The zero-order chi connectivity index (χ0) is 16.1. The number of thiazole rings is 1. The van der Waals surface area contributed by atoms with Crippen LogP contribution in [0.4, 0.5) is 10.8 Å². The largest absolute Gasteiger partial charge is 0.301 e. The third kappa shape index (κ3) is 4.12. The summed E-state index contributed by atoms with van der Waals surface area (Å²) in [4.78, 5) is 20.3. The van der Waals surface area contributed by atoms with Crippen LogP contribution >= 0.6 is 23.1 Å². The van der Waals surface area contributed by atoms with Crippen LogP contribution in [0.1, 0.15) is 36.5 Å². The van der Waals surface area contributed by atoms with Gasteiger partial charge in [0.2, 0.25) is 5.91 Å². The molecule has 1 heterocycles. The molecule has 3 rings (SSSR count). The number of hydrogen-bond donors (Lipinski definition) is 1. The van der Waals surface area contributed by atoms with Crippen LogP contribution < -0.4 is 5.32 Å². The molecule has 2 aromatic rings. The number of carbonyl (C=O) groups excluding carboxylic acids is 1.